The molecule has 6 nitrogen and oxygen atoms in total. The molecule has 3 rings (SSSR count). The SMILES string of the molecule is NC(=O)CCCCCn1c(SCC(=O)c2ccc(F)cc2)nc2ccccc2c1=O. The lowest BCUT2D eigenvalue weighted by atomic mass is 10.1. The van der Waals surface area contributed by atoms with Crippen LogP contribution in [0.25, 0.3) is 10.9 Å². The van der Waals surface area contributed by atoms with Crippen molar-refractivity contribution in [3.8, 4) is 0 Å². The third-order valence-electron chi connectivity index (χ3n) is 4.63. The molecule has 1 amide bonds. The molecule has 0 aliphatic rings. The Labute approximate surface area is 177 Å². The lowest BCUT2D eigenvalue weighted by Gasteiger charge is -2.13. The molecule has 2 N–H and O–H groups in total. The summed E-state index contributed by atoms with van der Waals surface area (Å²) in [6.07, 6.45) is 2.42. The zero-order valence-electron chi connectivity index (χ0n) is 16.3. The molecule has 0 atom stereocenters. The van der Waals surface area contributed by atoms with E-state index in [1.807, 2.05) is 0 Å². The van der Waals surface area contributed by atoms with E-state index in [-0.39, 0.29) is 23.0 Å². The number of hydrogen-bond acceptors (Lipinski definition) is 5. The maximum Gasteiger partial charge on any atom is 0.262 e. The molecule has 0 spiro atoms. The molecule has 0 fully saturated rings. The smallest absolute Gasteiger partial charge is 0.262 e. The van der Waals surface area contributed by atoms with Crippen molar-refractivity contribution in [3.05, 3.63) is 70.3 Å². The Morgan fingerprint density at radius 1 is 1.03 bits per heavy atom. The van der Waals surface area contributed by atoms with Crippen molar-refractivity contribution in [3.63, 3.8) is 0 Å². The van der Waals surface area contributed by atoms with E-state index in [1.165, 1.54) is 36.0 Å². The molecule has 0 aliphatic carbocycles. The summed E-state index contributed by atoms with van der Waals surface area (Å²) < 4.78 is 14.7. The van der Waals surface area contributed by atoms with E-state index >= 15 is 0 Å². The quantitative estimate of drug-likeness (QED) is 0.231. The van der Waals surface area contributed by atoms with Gasteiger partial charge in [-0.05, 0) is 49.2 Å². The van der Waals surface area contributed by atoms with Gasteiger partial charge in [0.25, 0.3) is 5.56 Å². The van der Waals surface area contributed by atoms with Gasteiger partial charge in [-0.25, -0.2) is 9.37 Å². The highest BCUT2D eigenvalue weighted by Gasteiger charge is 2.14. The Morgan fingerprint density at radius 3 is 2.50 bits per heavy atom. The largest absolute Gasteiger partial charge is 0.370 e. The number of para-hydroxylation sites is 1. The number of nitrogens with zero attached hydrogens (tertiary/aromatic N) is 2. The first-order valence-electron chi connectivity index (χ1n) is 9.65. The summed E-state index contributed by atoms with van der Waals surface area (Å²) in [7, 11) is 0. The number of halogens is 1. The van der Waals surface area contributed by atoms with Crippen molar-refractivity contribution in [1.29, 1.82) is 0 Å². The Kier molecular flexibility index (Phi) is 7.35. The highest BCUT2D eigenvalue weighted by atomic mass is 32.2. The number of unbranched alkanes of at least 4 members (excludes halogenated alkanes) is 2. The van der Waals surface area contributed by atoms with Gasteiger partial charge >= 0.3 is 0 Å². The van der Waals surface area contributed by atoms with E-state index in [0.29, 0.717) is 47.4 Å². The van der Waals surface area contributed by atoms with Gasteiger partial charge in [-0.15, -0.1) is 0 Å². The van der Waals surface area contributed by atoms with Crippen molar-refractivity contribution in [2.24, 2.45) is 5.73 Å². The molecule has 0 unspecified atom stereocenters. The van der Waals surface area contributed by atoms with Crippen LogP contribution in [0.3, 0.4) is 0 Å². The number of carbonyl (C=O) groups excluding carboxylic acids is 2. The molecule has 0 saturated heterocycles. The average Bonchev–Trinajstić information content (AvgIpc) is 2.73. The summed E-state index contributed by atoms with van der Waals surface area (Å²) >= 11 is 1.19. The first-order valence-corrected chi connectivity index (χ1v) is 10.6. The molecule has 0 saturated carbocycles. The van der Waals surface area contributed by atoms with Gasteiger partial charge in [0.1, 0.15) is 5.82 Å². The van der Waals surface area contributed by atoms with Crippen LogP contribution >= 0.6 is 11.8 Å². The number of aromatic nitrogens is 2. The summed E-state index contributed by atoms with van der Waals surface area (Å²) in [4.78, 5) is 40.9. The number of hydrogen-bond donors (Lipinski definition) is 1. The van der Waals surface area contributed by atoms with Gasteiger partial charge in [0.2, 0.25) is 5.91 Å². The van der Waals surface area contributed by atoms with Crippen molar-refractivity contribution >= 4 is 34.4 Å². The number of carbonyl (C=O) groups is 2. The van der Waals surface area contributed by atoms with Crippen molar-refractivity contribution < 1.29 is 14.0 Å². The standard InChI is InChI=1S/C22H22FN3O3S/c23-16-11-9-15(10-12-16)19(27)14-30-22-25-18-7-4-3-6-17(18)21(29)26(22)13-5-1-2-8-20(24)28/h3-4,6-7,9-12H,1-2,5,8,13-14H2,(H2,24,28). The summed E-state index contributed by atoms with van der Waals surface area (Å²) in [6, 6.07) is 12.5. The number of nitrogens with two attached hydrogens (primary N) is 1. The third-order valence-corrected chi connectivity index (χ3v) is 5.61. The zero-order valence-corrected chi connectivity index (χ0v) is 17.2. The van der Waals surface area contributed by atoms with Crippen LogP contribution in [0.4, 0.5) is 4.39 Å². The van der Waals surface area contributed by atoms with Crippen molar-refractivity contribution in [2.75, 3.05) is 5.75 Å². The number of fused-ring (bicyclic) bond motifs is 1. The normalized spacial score (nSPS) is 11.0. The molecule has 1 heterocycles. The van der Waals surface area contributed by atoms with Gasteiger partial charge < -0.3 is 5.73 Å². The molecule has 2 aromatic carbocycles. The summed E-state index contributed by atoms with van der Waals surface area (Å²) in [6.45, 7) is 0.433. The predicted molar refractivity (Wildman–Crippen MR) is 115 cm³/mol. The van der Waals surface area contributed by atoms with Crippen molar-refractivity contribution in [1.82, 2.24) is 9.55 Å². The average molecular weight is 428 g/mol. The lowest BCUT2D eigenvalue weighted by molar-refractivity contribution is -0.118. The first kappa shape index (κ1) is 21.7. The molecular formula is C22H22FN3O3S. The summed E-state index contributed by atoms with van der Waals surface area (Å²) in [5.41, 5.74) is 5.98. The number of amides is 1. The minimum absolute atomic E-state index is 0.0814. The third kappa shape index (κ3) is 5.54. The van der Waals surface area contributed by atoms with Gasteiger partial charge in [0, 0.05) is 18.5 Å². The fourth-order valence-corrected chi connectivity index (χ4v) is 3.97. The molecule has 0 aliphatic heterocycles. The van der Waals surface area contributed by atoms with Crippen LogP contribution in [0.15, 0.2) is 58.5 Å². The summed E-state index contributed by atoms with van der Waals surface area (Å²) in [5, 5.41) is 0.980. The van der Waals surface area contributed by atoms with E-state index in [0.717, 1.165) is 6.42 Å². The van der Waals surface area contributed by atoms with E-state index in [9.17, 15) is 18.8 Å². The van der Waals surface area contributed by atoms with Crippen LogP contribution in [0, 0.1) is 5.82 Å². The van der Waals surface area contributed by atoms with Gasteiger partial charge in [-0.2, -0.15) is 0 Å². The lowest BCUT2D eigenvalue weighted by Crippen LogP contribution is -2.24. The van der Waals surface area contributed by atoms with Crippen LogP contribution in [0.2, 0.25) is 0 Å². The molecule has 3 aromatic rings. The molecule has 0 radical (unpaired) electrons. The van der Waals surface area contributed by atoms with E-state index in [4.69, 9.17) is 5.73 Å². The summed E-state index contributed by atoms with van der Waals surface area (Å²) in [5.74, 6) is -0.830. The maximum atomic E-state index is 13.1. The Balaban J connectivity index is 1.78. The zero-order chi connectivity index (χ0) is 21.5. The number of benzene rings is 2. The van der Waals surface area contributed by atoms with Gasteiger partial charge in [0.05, 0.1) is 16.7 Å². The van der Waals surface area contributed by atoms with E-state index in [2.05, 4.69) is 4.98 Å². The number of thioether (sulfide) groups is 1. The topological polar surface area (TPSA) is 95.1 Å². The molecule has 1 aromatic heterocycles. The predicted octanol–water partition coefficient (Wildman–Crippen LogP) is 3.56. The van der Waals surface area contributed by atoms with Crippen LogP contribution < -0.4 is 11.3 Å². The maximum absolute atomic E-state index is 13.1. The second-order valence-corrected chi connectivity index (χ2v) is 7.81. The van der Waals surface area contributed by atoms with Crippen molar-refractivity contribution in [2.45, 2.75) is 37.4 Å². The molecule has 8 heteroatoms. The Bertz CT molecular complexity index is 1110. The fraction of sp³-hybridized carbons (Fsp3) is 0.273. The second kappa shape index (κ2) is 10.2. The minimum Gasteiger partial charge on any atom is -0.370 e. The van der Waals surface area contributed by atoms with Gasteiger partial charge in [-0.1, -0.05) is 30.3 Å². The number of rotatable bonds is 10. The van der Waals surface area contributed by atoms with Crippen LogP contribution in [-0.4, -0.2) is 27.0 Å². The Morgan fingerprint density at radius 2 is 1.77 bits per heavy atom. The number of ketones is 1. The highest BCUT2D eigenvalue weighted by molar-refractivity contribution is 7.99. The van der Waals surface area contributed by atoms with Crippen LogP contribution in [0.1, 0.15) is 36.0 Å². The van der Waals surface area contributed by atoms with Crippen LogP contribution in [-0.2, 0) is 11.3 Å². The first-order chi connectivity index (χ1) is 14.5. The molecule has 30 heavy (non-hydrogen) atoms. The molecule has 156 valence electrons. The van der Waals surface area contributed by atoms with Gasteiger partial charge in [-0.3, -0.25) is 19.0 Å². The minimum atomic E-state index is -0.402. The molecular weight excluding hydrogens is 405 g/mol. The van der Waals surface area contributed by atoms with Crippen LogP contribution in [0.5, 0.6) is 0 Å². The van der Waals surface area contributed by atoms with Gasteiger partial charge in [0.15, 0.2) is 10.9 Å². The van der Waals surface area contributed by atoms with E-state index < -0.39 is 5.82 Å². The highest BCUT2D eigenvalue weighted by Crippen LogP contribution is 2.20. The monoisotopic (exact) mass is 427 g/mol. The second-order valence-electron chi connectivity index (χ2n) is 6.86. The number of Topliss-reactive ketones (excluding diaryl/α,β-unsaturated/α-hetero) is 1. The fourth-order valence-electron chi connectivity index (χ4n) is 3.05. The number of primary amides is 1. The Hall–Kier alpha value is -3.00. The van der Waals surface area contributed by atoms with E-state index in [1.54, 1.807) is 28.8 Å². The molecule has 0 bridgehead atoms.